The number of ether oxygens (including phenoxy) is 1. The fourth-order valence-electron chi connectivity index (χ4n) is 2.67. The van der Waals surface area contributed by atoms with E-state index in [-0.39, 0.29) is 17.2 Å². The Morgan fingerprint density at radius 1 is 1.31 bits per heavy atom. The van der Waals surface area contributed by atoms with E-state index in [1.54, 1.807) is 0 Å². The average Bonchev–Trinajstić information content (AvgIpc) is 3.31. The Kier molecular flexibility index (Phi) is 5.85. The Labute approximate surface area is 154 Å². The van der Waals surface area contributed by atoms with Gasteiger partial charge < -0.3 is 15.4 Å². The molecule has 140 valence electrons. The van der Waals surface area contributed by atoms with Gasteiger partial charge in [0.25, 0.3) is 5.91 Å². The molecule has 1 aliphatic rings. The Balaban J connectivity index is 2.30. The molecule has 5 nitrogen and oxygen atoms in total. The summed E-state index contributed by atoms with van der Waals surface area (Å²) in [6, 6.07) is 4.20. The molecular weight excluding hydrogens is 333 g/mol. The van der Waals surface area contributed by atoms with Gasteiger partial charge in [0.1, 0.15) is 5.82 Å². The highest BCUT2D eigenvalue weighted by Gasteiger charge is 2.38. The number of amides is 1. The van der Waals surface area contributed by atoms with Crippen LogP contribution >= 0.6 is 0 Å². The van der Waals surface area contributed by atoms with E-state index in [9.17, 15) is 9.18 Å². The lowest BCUT2D eigenvalue weighted by Crippen LogP contribution is -2.28. The molecule has 2 rings (SSSR count). The van der Waals surface area contributed by atoms with Gasteiger partial charge in [-0.15, -0.1) is 0 Å². The third-order valence-corrected chi connectivity index (χ3v) is 4.44. The first kappa shape index (κ1) is 19.7. The summed E-state index contributed by atoms with van der Waals surface area (Å²) in [7, 11) is 1.38. The lowest BCUT2D eigenvalue weighted by Gasteiger charge is -2.18. The highest BCUT2D eigenvalue weighted by atomic mass is 19.1. The number of nitrogens with one attached hydrogen (secondary N) is 2. The molecule has 0 unspecified atom stereocenters. The summed E-state index contributed by atoms with van der Waals surface area (Å²) in [5, 5.41) is 6.16. The number of carbonyl (C=O) groups excluding carboxylic acids is 1. The van der Waals surface area contributed by atoms with Gasteiger partial charge in [-0.3, -0.25) is 4.79 Å². The standard InChI is InChI=1S/C20H26FN3O2/c1-12(2)17(13(3)18(22-5)24-20(4)9-10-20)19(25)23-14-7-8-15(21)16(11-14)26-6/h7-8,11,24H,5,9-10H2,1-4,6H3,(H,23,25)/b18-13-. The predicted molar refractivity (Wildman–Crippen MR) is 103 cm³/mol. The van der Waals surface area contributed by atoms with E-state index in [0.717, 1.165) is 24.0 Å². The SMILES string of the molecule is C=N/C(NC1(C)CC1)=C(\C)C(C(=O)Nc1ccc(F)c(OC)c1)=C(C)C. The molecule has 26 heavy (non-hydrogen) atoms. The van der Waals surface area contributed by atoms with Crippen LogP contribution < -0.4 is 15.4 Å². The van der Waals surface area contributed by atoms with Crippen LogP contribution in [0.2, 0.25) is 0 Å². The molecule has 0 heterocycles. The Morgan fingerprint density at radius 2 is 1.96 bits per heavy atom. The number of carbonyl (C=O) groups is 1. The van der Waals surface area contributed by atoms with Crippen molar-refractivity contribution in [1.82, 2.24) is 5.32 Å². The first-order valence-electron chi connectivity index (χ1n) is 8.49. The zero-order chi connectivity index (χ0) is 19.5. The van der Waals surface area contributed by atoms with Gasteiger partial charge in [-0.25, -0.2) is 9.38 Å². The molecule has 0 atom stereocenters. The van der Waals surface area contributed by atoms with Gasteiger partial charge >= 0.3 is 0 Å². The summed E-state index contributed by atoms with van der Waals surface area (Å²) < 4.78 is 18.5. The number of allylic oxidation sites excluding steroid dienone is 1. The summed E-state index contributed by atoms with van der Waals surface area (Å²) in [5.74, 6) is -0.0947. The van der Waals surface area contributed by atoms with Crippen molar-refractivity contribution in [3.8, 4) is 5.75 Å². The molecule has 1 saturated carbocycles. The molecule has 1 aromatic carbocycles. The topological polar surface area (TPSA) is 62.7 Å². The minimum Gasteiger partial charge on any atom is -0.494 e. The molecule has 1 aromatic rings. The smallest absolute Gasteiger partial charge is 0.256 e. The van der Waals surface area contributed by atoms with Gasteiger partial charge in [-0.05, 0) is 59.4 Å². The van der Waals surface area contributed by atoms with Crippen LogP contribution in [0.15, 0.2) is 45.7 Å². The van der Waals surface area contributed by atoms with Crippen LogP contribution in [0.25, 0.3) is 0 Å². The number of hydrogen-bond donors (Lipinski definition) is 2. The largest absolute Gasteiger partial charge is 0.494 e. The summed E-state index contributed by atoms with van der Waals surface area (Å²) in [6.45, 7) is 11.3. The van der Waals surface area contributed by atoms with Crippen LogP contribution in [0.5, 0.6) is 5.75 Å². The van der Waals surface area contributed by atoms with Gasteiger partial charge in [0.2, 0.25) is 0 Å². The highest BCUT2D eigenvalue weighted by Crippen LogP contribution is 2.36. The van der Waals surface area contributed by atoms with Crippen molar-refractivity contribution in [3.63, 3.8) is 0 Å². The first-order valence-corrected chi connectivity index (χ1v) is 8.49. The number of halogens is 1. The van der Waals surface area contributed by atoms with E-state index < -0.39 is 5.82 Å². The fourth-order valence-corrected chi connectivity index (χ4v) is 2.67. The molecule has 0 bridgehead atoms. The lowest BCUT2D eigenvalue weighted by molar-refractivity contribution is -0.112. The van der Waals surface area contributed by atoms with Gasteiger partial charge in [-0.1, -0.05) is 5.57 Å². The summed E-state index contributed by atoms with van der Waals surface area (Å²) >= 11 is 0. The van der Waals surface area contributed by atoms with Crippen LogP contribution in [-0.2, 0) is 4.79 Å². The van der Waals surface area contributed by atoms with Crippen molar-refractivity contribution in [1.29, 1.82) is 0 Å². The van der Waals surface area contributed by atoms with Crippen LogP contribution in [-0.4, -0.2) is 25.3 Å². The molecule has 1 fully saturated rings. The quantitative estimate of drug-likeness (QED) is 0.436. The summed E-state index contributed by atoms with van der Waals surface area (Å²) in [6.07, 6.45) is 2.12. The second-order valence-electron chi connectivity index (χ2n) is 7.00. The molecule has 0 saturated heterocycles. The third-order valence-electron chi connectivity index (χ3n) is 4.44. The summed E-state index contributed by atoms with van der Waals surface area (Å²) in [4.78, 5) is 16.9. The maximum absolute atomic E-state index is 13.6. The second-order valence-corrected chi connectivity index (χ2v) is 7.00. The molecule has 0 spiro atoms. The minimum absolute atomic E-state index is 0.0192. The Hall–Kier alpha value is -2.63. The summed E-state index contributed by atoms with van der Waals surface area (Å²) in [5.41, 5.74) is 2.56. The van der Waals surface area contributed by atoms with Gasteiger partial charge in [0, 0.05) is 28.4 Å². The maximum atomic E-state index is 13.6. The number of benzene rings is 1. The second kappa shape index (κ2) is 7.72. The van der Waals surface area contributed by atoms with E-state index in [2.05, 4.69) is 29.3 Å². The molecule has 2 N–H and O–H groups in total. The average molecular weight is 359 g/mol. The zero-order valence-corrected chi connectivity index (χ0v) is 16.0. The Morgan fingerprint density at radius 3 is 2.46 bits per heavy atom. The van der Waals surface area contributed by atoms with Crippen LogP contribution in [0.4, 0.5) is 10.1 Å². The zero-order valence-electron chi connectivity index (χ0n) is 16.0. The van der Waals surface area contributed by atoms with Gasteiger partial charge in [0.05, 0.1) is 7.11 Å². The molecule has 6 heteroatoms. The van der Waals surface area contributed by atoms with Crippen LogP contribution in [0, 0.1) is 5.82 Å². The number of rotatable bonds is 7. The predicted octanol–water partition coefficient (Wildman–Crippen LogP) is 4.18. The van der Waals surface area contributed by atoms with Crippen molar-refractivity contribution in [3.05, 3.63) is 46.6 Å². The maximum Gasteiger partial charge on any atom is 0.256 e. The molecule has 0 radical (unpaired) electrons. The normalized spacial score (nSPS) is 15.5. The van der Waals surface area contributed by atoms with Crippen molar-refractivity contribution in [2.24, 2.45) is 4.99 Å². The van der Waals surface area contributed by atoms with Crippen molar-refractivity contribution in [2.45, 2.75) is 46.1 Å². The third kappa shape index (κ3) is 4.50. The fraction of sp³-hybridized carbons (Fsp3) is 0.400. The van der Waals surface area contributed by atoms with E-state index in [4.69, 9.17) is 4.74 Å². The number of hydrogen-bond acceptors (Lipinski definition) is 4. The first-order chi connectivity index (χ1) is 12.2. The monoisotopic (exact) mass is 359 g/mol. The minimum atomic E-state index is -0.482. The molecule has 1 amide bonds. The van der Waals surface area contributed by atoms with Crippen LogP contribution in [0.1, 0.15) is 40.5 Å². The number of nitrogens with zero attached hydrogens (tertiary/aromatic N) is 1. The Bertz CT molecular complexity index is 788. The van der Waals surface area contributed by atoms with Gasteiger partial charge in [0.15, 0.2) is 11.6 Å². The molecule has 0 aliphatic heterocycles. The van der Waals surface area contributed by atoms with Crippen LogP contribution in [0.3, 0.4) is 0 Å². The van der Waals surface area contributed by atoms with E-state index in [1.165, 1.54) is 25.3 Å². The van der Waals surface area contributed by atoms with Crippen molar-refractivity contribution < 1.29 is 13.9 Å². The van der Waals surface area contributed by atoms with Crippen molar-refractivity contribution in [2.75, 3.05) is 12.4 Å². The molecule has 1 aliphatic carbocycles. The number of anilines is 1. The van der Waals surface area contributed by atoms with Crippen molar-refractivity contribution >= 4 is 18.3 Å². The highest BCUT2D eigenvalue weighted by molar-refractivity contribution is 6.07. The molecule has 0 aromatic heterocycles. The number of methoxy groups -OCH3 is 1. The molecular formula is C20H26FN3O2. The van der Waals surface area contributed by atoms with E-state index >= 15 is 0 Å². The van der Waals surface area contributed by atoms with Gasteiger partial charge in [-0.2, -0.15) is 0 Å². The van der Waals surface area contributed by atoms with E-state index in [0.29, 0.717) is 17.1 Å². The van der Waals surface area contributed by atoms with E-state index in [1.807, 2.05) is 20.8 Å². The number of aliphatic imine (C=N–C) groups is 1. The lowest BCUT2D eigenvalue weighted by atomic mass is 10.0.